The summed E-state index contributed by atoms with van der Waals surface area (Å²) in [6.07, 6.45) is 2.22. The minimum Gasteiger partial charge on any atom is -0.339 e. The summed E-state index contributed by atoms with van der Waals surface area (Å²) in [7, 11) is 2.01. The van der Waals surface area contributed by atoms with Gasteiger partial charge in [0.1, 0.15) is 0 Å². The van der Waals surface area contributed by atoms with Gasteiger partial charge in [-0.1, -0.05) is 27.5 Å². The van der Waals surface area contributed by atoms with Gasteiger partial charge in [0.15, 0.2) is 5.82 Å². The average molecular weight is 371 g/mol. The molecule has 21 heavy (non-hydrogen) atoms. The number of hydrogen-bond donors (Lipinski definition) is 2. The predicted octanol–water partition coefficient (Wildman–Crippen LogP) is 3.08. The Morgan fingerprint density at radius 3 is 2.86 bits per heavy atom. The highest BCUT2D eigenvalue weighted by atomic mass is 79.9. The van der Waals surface area contributed by atoms with Crippen molar-refractivity contribution in [3.63, 3.8) is 0 Å². The highest BCUT2D eigenvalue weighted by Crippen LogP contribution is 2.29. The Hall–Kier alpha value is -1.11. The van der Waals surface area contributed by atoms with Crippen LogP contribution in [-0.4, -0.2) is 41.4 Å². The van der Waals surface area contributed by atoms with Crippen LogP contribution in [0.5, 0.6) is 0 Å². The van der Waals surface area contributed by atoms with E-state index in [9.17, 15) is 0 Å². The first-order chi connectivity index (χ1) is 10.2. The molecule has 0 atom stereocenters. The van der Waals surface area contributed by atoms with Crippen molar-refractivity contribution in [2.75, 3.05) is 25.0 Å². The molecule has 2 heterocycles. The molecule has 1 fully saturated rings. The molecule has 2 N–H and O–H groups in total. The maximum Gasteiger partial charge on any atom is 0.245 e. The summed E-state index contributed by atoms with van der Waals surface area (Å²) < 4.78 is 0.967. The van der Waals surface area contributed by atoms with Gasteiger partial charge in [-0.3, -0.25) is 5.10 Å². The van der Waals surface area contributed by atoms with E-state index in [4.69, 9.17) is 11.6 Å². The molecule has 0 aliphatic carbocycles. The van der Waals surface area contributed by atoms with Crippen LogP contribution in [0.1, 0.15) is 12.8 Å². The van der Waals surface area contributed by atoms with Crippen molar-refractivity contribution >= 4 is 33.5 Å². The first-order valence-corrected chi connectivity index (χ1v) is 8.14. The summed E-state index contributed by atoms with van der Waals surface area (Å²) in [5.74, 6) is 1.45. The van der Waals surface area contributed by atoms with E-state index in [1.54, 1.807) is 0 Å². The van der Waals surface area contributed by atoms with Gasteiger partial charge in [0.25, 0.3) is 0 Å². The second-order valence-corrected chi connectivity index (χ2v) is 6.48. The SMILES string of the molecule is CNC1CCN(c2n[nH]c(-c3cc(Br)ccc3Cl)n2)CC1. The number of benzene rings is 1. The van der Waals surface area contributed by atoms with Crippen LogP contribution >= 0.6 is 27.5 Å². The molecule has 0 saturated carbocycles. The molecule has 1 aromatic heterocycles. The largest absolute Gasteiger partial charge is 0.339 e. The van der Waals surface area contributed by atoms with Crippen molar-refractivity contribution in [1.82, 2.24) is 20.5 Å². The van der Waals surface area contributed by atoms with Crippen molar-refractivity contribution in [2.45, 2.75) is 18.9 Å². The van der Waals surface area contributed by atoms with Crippen molar-refractivity contribution in [3.05, 3.63) is 27.7 Å². The minimum absolute atomic E-state index is 0.596. The second kappa shape index (κ2) is 6.34. The highest BCUT2D eigenvalue weighted by Gasteiger charge is 2.21. The normalized spacial score (nSPS) is 16.4. The standard InChI is InChI=1S/C14H17BrClN5/c1-17-10-4-6-21(7-5-10)14-18-13(19-20-14)11-8-9(15)2-3-12(11)16/h2-3,8,10,17H,4-7H2,1H3,(H,18,19,20). The third-order valence-electron chi connectivity index (χ3n) is 3.84. The Kier molecular flexibility index (Phi) is 4.47. The molecule has 1 aliphatic heterocycles. The lowest BCUT2D eigenvalue weighted by molar-refractivity contribution is 0.439. The fourth-order valence-electron chi connectivity index (χ4n) is 2.56. The minimum atomic E-state index is 0.596. The summed E-state index contributed by atoms with van der Waals surface area (Å²) in [5.41, 5.74) is 0.856. The molecule has 1 aromatic carbocycles. The van der Waals surface area contributed by atoms with Crippen LogP contribution in [-0.2, 0) is 0 Å². The zero-order valence-corrected chi connectivity index (χ0v) is 14.1. The molecule has 0 radical (unpaired) electrons. The molecule has 7 heteroatoms. The lowest BCUT2D eigenvalue weighted by atomic mass is 10.1. The molecule has 5 nitrogen and oxygen atoms in total. The van der Waals surface area contributed by atoms with Crippen LogP contribution in [0.4, 0.5) is 5.95 Å². The first kappa shape index (κ1) is 14.8. The number of H-pyrrole nitrogens is 1. The van der Waals surface area contributed by atoms with Crippen LogP contribution < -0.4 is 10.2 Å². The molecule has 2 aromatic rings. The number of aromatic amines is 1. The maximum absolute atomic E-state index is 6.23. The number of piperidine rings is 1. The molecule has 1 aliphatic rings. The van der Waals surface area contributed by atoms with Gasteiger partial charge in [0, 0.05) is 29.2 Å². The van der Waals surface area contributed by atoms with Crippen molar-refractivity contribution < 1.29 is 0 Å². The predicted molar refractivity (Wildman–Crippen MR) is 88.8 cm³/mol. The first-order valence-electron chi connectivity index (χ1n) is 6.97. The molecular weight excluding hydrogens is 354 g/mol. The van der Waals surface area contributed by atoms with Gasteiger partial charge in [0.05, 0.1) is 5.02 Å². The molecule has 1 saturated heterocycles. The van der Waals surface area contributed by atoms with E-state index in [1.165, 1.54) is 0 Å². The van der Waals surface area contributed by atoms with Crippen LogP contribution in [0, 0.1) is 0 Å². The van der Waals surface area contributed by atoms with E-state index >= 15 is 0 Å². The quantitative estimate of drug-likeness (QED) is 0.872. The van der Waals surface area contributed by atoms with Gasteiger partial charge in [-0.05, 0) is 38.1 Å². The number of nitrogens with one attached hydrogen (secondary N) is 2. The molecule has 0 unspecified atom stereocenters. The summed E-state index contributed by atoms with van der Waals surface area (Å²) in [4.78, 5) is 6.80. The second-order valence-electron chi connectivity index (χ2n) is 5.16. The Morgan fingerprint density at radius 1 is 1.38 bits per heavy atom. The number of halogens is 2. The van der Waals surface area contributed by atoms with Gasteiger partial charge in [-0.15, -0.1) is 5.10 Å². The summed E-state index contributed by atoms with van der Waals surface area (Å²) in [5, 5.41) is 11.3. The third-order valence-corrected chi connectivity index (χ3v) is 4.67. The third kappa shape index (κ3) is 3.22. The van der Waals surface area contributed by atoms with E-state index in [0.717, 1.165) is 41.9 Å². The van der Waals surface area contributed by atoms with Gasteiger partial charge in [-0.25, -0.2) is 0 Å². The van der Waals surface area contributed by atoms with E-state index in [1.807, 2.05) is 25.2 Å². The number of nitrogens with zero attached hydrogens (tertiary/aromatic N) is 3. The number of anilines is 1. The van der Waals surface area contributed by atoms with Gasteiger partial charge < -0.3 is 10.2 Å². The van der Waals surface area contributed by atoms with Crippen molar-refractivity contribution in [1.29, 1.82) is 0 Å². The lowest BCUT2D eigenvalue weighted by Crippen LogP contribution is -2.41. The van der Waals surface area contributed by atoms with E-state index in [-0.39, 0.29) is 0 Å². The molecule has 112 valence electrons. The number of hydrogen-bond acceptors (Lipinski definition) is 4. The molecule has 0 amide bonds. The molecule has 0 spiro atoms. The summed E-state index contributed by atoms with van der Waals surface area (Å²) in [6.45, 7) is 1.93. The van der Waals surface area contributed by atoms with Gasteiger partial charge >= 0.3 is 0 Å². The van der Waals surface area contributed by atoms with Crippen LogP contribution in [0.25, 0.3) is 11.4 Å². The van der Waals surface area contributed by atoms with E-state index < -0.39 is 0 Å². The van der Waals surface area contributed by atoms with Crippen LogP contribution in [0.2, 0.25) is 5.02 Å². The lowest BCUT2D eigenvalue weighted by Gasteiger charge is -2.30. The zero-order valence-electron chi connectivity index (χ0n) is 11.7. The highest BCUT2D eigenvalue weighted by molar-refractivity contribution is 9.10. The van der Waals surface area contributed by atoms with Gasteiger partial charge in [0.2, 0.25) is 5.95 Å². The Balaban J connectivity index is 1.79. The fraction of sp³-hybridized carbons (Fsp3) is 0.429. The zero-order chi connectivity index (χ0) is 14.8. The summed E-state index contributed by atoms with van der Waals surface area (Å²) >= 11 is 9.69. The smallest absolute Gasteiger partial charge is 0.245 e. The van der Waals surface area contributed by atoms with Crippen LogP contribution in [0.15, 0.2) is 22.7 Å². The van der Waals surface area contributed by atoms with Crippen molar-refractivity contribution in [3.8, 4) is 11.4 Å². The van der Waals surface area contributed by atoms with E-state index in [2.05, 4.69) is 41.3 Å². The topological polar surface area (TPSA) is 56.8 Å². The Labute approximate surface area is 137 Å². The average Bonchev–Trinajstić information content (AvgIpc) is 2.99. The fourth-order valence-corrected chi connectivity index (χ4v) is 3.13. The maximum atomic E-state index is 6.23. The molecular formula is C14H17BrClN5. The Morgan fingerprint density at radius 2 is 2.14 bits per heavy atom. The monoisotopic (exact) mass is 369 g/mol. The number of rotatable bonds is 3. The van der Waals surface area contributed by atoms with Crippen molar-refractivity contribution in [2.24, 2.45) is 0 Å². The van der Waals surface area contributed by atoms with Crippen LogP contribution in [0.3, 0.4) is 0 Å². The van der Waals surface area contributed by atoms with E-state index in [0.29, 0.717) is 16.9 Å². The summed E-state index contributed by atoms with van der Waals surface area (Å²) in [6, 6.07) is 6.30. The molecule has 3 rings (SSSR count). The number of aromatic nitrogens is 3. The molecule has 0 bridgehead atoms. The Bertz CT molecular complexity index is 622. The van der Waals surface area contributed by atoms with Gasteiger partial charge in [-0.2, -0.15) is 4.98 Å².